The predicted molar refractivity (Wildman–Crippen MR) is 51.4 cm³/mol. The Bertz CT molecular complexity index is 280. The van der Waals surface area contributed by atoms with Gasteiger partial charge in [-0.15, -0.1) is 0 Å². The molecule has 84 valence electrons. The second-order valence-corrected chi connectivity index (χ2v) is 3.20. The van der Waals surface area contributed by atoms with Crippen molar-refractivity contribution in [3.8, 4) is 0 Å². The van der Waals surface area contributed by atoms with Gasteiger partial charge in [0.1, 0.15) is 0 Å². The van der Waals surface area contributed by atoms with E-state index in [2.05, 4.69) is 0 Å². The highest BCUT2D eigenvalue weighted by Gasteiger charge is 2.27. The molecule has 0 saturated heterocycles. The van der Waals surface area contributed by atoms with Crippen LogP contribution in [0.5, 0.6) is 0 Å². The van der Waals surface area contributed by atoms with E-state index in [4.69, 9.17) is 5.11 Å². The normalized spacial score (nSPS) is 9.67. The smallest absolute Gasteiger partial charge is 0.380 e. The molecule has 0 rings (SSSR count). The molecule has 5 heteroatoms. The van der Waals surface area contributed by atoms with E-state index in [0.717, 1.165) is 19.3 Å². The highest BCUT2D eigenvalue weighted by molar-refractivity contribution is 6.76. The van der Waals surface area contributed by atoms with E-state index in [1.165, 1.54) is 0 Å². The monoisotopic (exact) mass is 214 g/mol. The highest BCUT2D eigenvalue weighted by Crippen LogP contribution is 2.03. The summed E-state index contributed by atoms with van der Waals surface area (Å²) in [6.07, 6.45) is 3.23. The summed E-state index contributed by atoms with van der Waals surface area (Å²) in [5.74, 6) is -5.84. The molecule has 0 unspecified atom stereocenters. The average molecular weight is 214 g/mol. The Labute approximate surface area is 87.5 Å². The van der Waals surface area contributed by atoms with E-state index in [9.17, 15) is 19.2 Å². The molecule has 0 aromatic carbocycles. The summed E-state index contributed by atoms with van der Waals surface area (Å²) in [5.41, 5.74) is 0. The van der Waals surface area contributed by atoms with Crippen molar-refractivity contribution >= 4 is 23.3 Å². The number of Topliss-reactive ketones (excluding diaryl/α,β-unsaturated/α-hetero) is 3. The molecule has 0 atom stereocenters. The Balaban J connectivity index is 3.95. The quantitative estimate of drug-likeness (QED) is 0.366. The van der Waals surface area contributed by atoms with Crippen molar-refractivity contribution in [1.82, 2.24) is 0 Å². The summed E-state index contributed by atoms with van der Waals surface area (Å²) in [6.45, 7) is 2.00. The average Bonchev–Trinajstić information content (AvgIpc) is 2.21. The van der Waals surface area contributed by atoms with Gasteiger partial charge in [-0.05, 0) is 6.42 Å². The molecule has 0 aromatic heterocycles. The molecule has 5 nitrogen and oxygen atoms in total. The number of carbonyl (C=O) groups is 4. The SMILES string of the molecule is CCCCCCC(=O)C(=O)C(=O)C(=O)O. The second-order valence-electron chi connectivity index (χ2n) is 3.20. The third-order valence-corrected chi connectivity index (χ3v) is 1.91. The van der Waals surface area contributed by atoms with Gasteiger partial charge in [0.15, 0.2) is 0 Å². The molecule has 15 heavy (non-hydrogen) atoms. The Kier molecular flexibility index (Phi) is 6.17. The lowest BCUT2D eigenvalue weighted by Crippen LogP contribution is -2.29. The number of carbonyl (C=O) groups excluding carboxylic acids is 3. The Morgan fingerprint density at radius 2 is 1.53 bits per heavy atom. The number of rotatable bonds is 8. The topological polar surface area (TPSA) is 88.5 Å². The summed E-state index contributed by atoms with van der Waals surface area (Å²) < 4.78 is 0. The van der Waals surface area contributed by atoms with E-state index < -0.39 is 23.3 Å². The predicted octanol–water partition coefficient (Wildman–Crippen LogP) is 0.749. The standard InChI is InChI=1S/C10H14O5/c1-2-3-4-5-6-7(11)8(12)9(13)10(14)15/h2-6H2,1H3,(H,14,15). The number of unbranched alkanes of at least 4 members (excludes halogenated alkanes) is 3. The van der Waals surface area contributed by atoms with Crippen LogP contribution in [0.4, 0.5) is 0 Å². The summed E-state index contributed by atoms with van der Waals surface area (Å²) in [5, 5.41) is 8.19. The lowest BCUT2D eigenvalue weighted by Gasteiger charge is -1.97. The van der Waals surface area contributed by atoms with Crippen molar-refractivity contribution < 1.29 is 24.3 Å². The van der Waals surface area contributed by atoms with Crippen molar-refractivity contribution in [3.63, 3.8) is 0 Å². The fraction of sp³-hybridized carbons (Fsp3) is 0.600. The molecule has 0 aliphatic rings. The number of ketones is 3. The van der Waals surface area contributed by atoms with Crippen LogP contribution in [0.25, 0.3) is 0 Å². The Morgan fingerprint density at radius 3 is 2.00 bits per heavy atom. The van der Waals surface area contributed by atoms with Crippen molar-refractivity contribution in [1.29, 1.82) is 0 Å². The van der Waals surface area contributed by atoms with E-state index >= 15 is 0 Å². The van der Waals surface area contributed by atoms with Gasteiger partial charge in [0.05, 0.1) is 0 Å². The molecule has 0 heterocycles. The summed E-state index contributed by atoms with van der Waals surface area (Å²) in [7, 11) is 0. The van der Waals surface area contributed by atoms with Gasteiger partial charge < -0.3 is 5.11 Å². The largest absolute Gasteiger partial charge is 0.475 e. The maximum atomic E-state index is 11.0. The van der Waals surface area contributed by atoms with Crippen molar-refractivity contribution in [2.24, 2.45) is 0 Å². The molecular weight excluding hydrogens is 200 g/mol. The van der Waals surface area contributed by atoms with Gasteiger partial charge in [-0.1, -0.05) is 26.2 Å². The van der Waals surface area contributed by atoms with Gasteiger partial charge >= 0.3 is 11.8 Å². The first-order valence-corrected chi connectivity index (χ1v) is 4.85. The molecule has 0 bridgehead atoms. The van der Waals surface area contributed by atoms with Crippen LogP contribution < -0.4 is 0 Å². The number of carboxylic acid groups (broad SMARTS) is 1. The van der Waals surface area contributed by atoms with Gasteiger partial charge in [0.2, 0.25) is 5.78 Å². The maximum absolute atomic E-state index is 11.0. The minimum absolute atomic E-state index is 0.0438. The van der Waals surface area contributed by atoms with Crippen LogP contribution >= 0.6 is 0 Å². The summed E-state index contributed by atoms with van der Waals surface area (Å²) in [4.78, 5) is 42.6. The second kappa shape index (κ2) is 6.86. The zero-order valence-corrected chi connectivity index (χ0v) is 8.62. The Hall–Kier alpha value is -1.52. The summed E-state index contributed by atoms with van der Waals surface area (Å²) >= 11 is 0. The maximum Gasteiger partial charge on any atom is 0.380 e. The minimum Gasteiger partial charge on any atom is -0.475 e. The van der Waals surface area contributed by atoms with E-state index in [0.29, 0.717) is 6.42 Å². The molecule has 0 saturated carbocycles. The first-order chi connectivity index (χ1) is 7.00. The van der Waals surface area contributed by atoms with Crippen LogP contribution in [0.2, 0.25) is 0 Å². The lowest BCUT2D eigenvalue weighted by atomic mass is 10.1. The van der Waals surface area contributed by atoms with Gasteiger partial charge in [-0.3, -0.25) is 14.4 Å². The fourth-order valence-electron chi connectivity index (χ4n) is 1.05. The zero-order valence-electron chi connectivity index (χ0n) is 8.62. The first-order valence-electron chi connectivity index (χ1n) is 4.85. The van der Waals surface area contributed by atoms with Crippen LogP contribution in [0.1, 0.15) is 39.0 Å². The molecule has 1 N–H and O–H groups in total. The molecular formula is C10H14O5. The van der Waals surface area contributed by atoms with E-state index in [1.807, 2.05) is 6.92 Å². The number of aliphatic carboxylic acids is 1. The number of carboxylic acids is 1. The van der Waals surface area contributed by atoms with Gasteiger partial charge in [-0.2, -0.15) is 0 Å². The molecule has 0 spiro atoms. The summed E-state index contributed by atoms with van der Waals surface area (Å²) in [6, 6.07) is 0. The molecule has 0 aliphatic carbocycles. The number of hydrogen-bond donors (Lipinski definition) is 1. The number of hydrogen-bond acceptors (Lipinski definition) is 4. The third kappa shape index (κ3) is 5.05. The van der Waals surface area contributed by atoms with Crippen LogP contribution in [0.3, 0.4) is 0 Å². The minimum atomic E-state index is -1.87. The van der Waals surface area contributed by atoms with Crippen molar-refractivity contribution in [2.45, 2.75) is 39.0 Å². The van der Waals surface area contributed by atoms with E-state index in [1.54, 1.807) is 0 Å². The van der Waals surface area contributed by atoms with Crippen molar-refractivity contribution in [3.05, 3.63) is 0 Å². The molecule has 0 aliphatic heterocycles. The van der Waals surface area contributed by atoms with Crippen molar-refractivity contribution in [2.75, 3.05) is 0 Å². The molecule has 0 amide bonds. The zero-order chi connectivity index (χ0) is 11.8. The first kappa shape index (κ1) is 13.5. The van der Waals surface area contributed by atoms with Crippen LogP contribution in [0, 0.1) is 0 Å². The lowest BCUT2D eigenvalue weighted by molar-refractivity contribution is -0.155. The van der Waals surface area contributed by atoms with Gasteiger partial charge in [-0.25, -0.2) is 4.79 Å². The fourth-order valence-corrected chi connectivity index (χ4v) is 1.05. The van der Waals surface area contributed by atoms with E-state index in [-0.39, 0.29) is 6.42 Å². The molecule has 0 radical (unpaired) electrons. The molecule has 0 aromatic rings. The van der Waals surface area contributed by atoms with Crippen LogP contribution in [-0.2, 0) is 19.2 Å². The van der Waals surface area contributed by atoms with Gasteiger partial charge in [0.25, 0.3) is 5.78 Å². The highest BCUT2D eigenvalue weighted by atomic mass is 16.4. The third-order valence-electron chi connectivity index (χ3n) is 1.91. The van der Waals surface area contributed by atoms with Gasteiger partial charge in [0, 0.05) is 6.42 Å². The van der Waals surface area contributed by atoms with Crippen LogP contribution in [0.15, 0.2) is 0 Å². The van der Waals surface area contributed by atoms with Crippen LogP contribution in [-0.4, -0.2) is 28.4 Å². The molecule has 0 fully saturated rings. The Morgan fingerprint density at radius 1 is 0.933 bits per heavy atom.